The molecule has 0 heterocycles. The van der Waals surface area contributed by atoms with Crippen molar-refractivity contribution in [1.29, 1.82) is 0 Å². The van der Waals surface area contributed by atoms with Gasteiger partial charge < -0.3 is 14.8 Å². The van der Waals surface area contributed by atoms with E-state index < -0.39 is 0 Å². The third-order valence-corrected chi connectivity index (χ3v) is 3.34. The Morgan fingerprint density at radius 2 is 1.52 bits per heavy atom. The van der Waals surface area contributed by atoms with Gasteiger partial charge in [0, 0.05) is 19.7 Å². The molecule has 0 unspecified atom stereocenters. The van der Waals surface area contributed by atoms with Crippen molar-refractivity contribution in [2.24, 2.45) is 10.8 Å². The lowest BCUT2D eigenvalue weighted by molar-refractivity contribution is 0.110. The molecule has 0 aromatic heterocycles. The summed E-state index contributed by atoms with van der Waals surface area (Å²) in [7, 11) is 0. The van der Waals surface area contributed by atoms with Crippen LogP contribution in [0.15, 0.2) is 24.3 Å². The van der Waals surface area contributed by atoms with Gasteiger partial charge in [0.15, 0.2) is 0 Å². The summed E-state index contributed by atoms with van der Waals surface area (Å²) in [5.41, 5.74) is 1.81. The van der Waals surface area contributed by atoms with E-state index in [2.05, 4.69) is 59.0 Å². The topological polar surface area (TPSA) is 30.5 Å². The second-order valence-electron chi connectivity index (χ2n) is 8.59. The lowest BCUT2D eigenvalue weighted by Gasteiger charge is -2.19. The predicted octanol–water partition coefficient (Wildman–Crippen LogP) is 4.65. The largest absolute Gasteiger partial charge is 0.493 e. The van der Waals surface area contributed by atoms with Crippen molar-refractivity contribution >= 4 is 0 Å². The van der Waals surface area contributed by atoms with E-state index >= 15 is 0 Å². The Bertz CT molecular complexity index is 426. The average Bonchev–Trinajstić information content (AvgIpc) is 2.43. The lowest BCUT2D eigenvalue weighted by Crippen LogP contribution is -2.20. The number of ether oxygens (including phenoxy) is 2. The van der Waals surface area contributed by atoms with Crippen LogP contribution in [0.5, 0.6) is 5.75 Å². The first kappa shape index (κ1) is 20.0. The minimum absolute atomic E-state index is 0.188. The van der Waals surface area contributed by atoms with Crippen LogP contribution in [-0.4, -0.2) is 26.4 Å². The van der Waals surface area contributed by atoms with Gasteiger partial charge in [0.2, 0.25) is 0 Å². The molecule has 0 aliphatic rings. The summed E-state index contributed by atoms with van der Waals surface area (Å²) in [6.07, 6.45) is 1.10. The zero-order valence-electron chi connectivity index (χ0n) is 15.9. The van der Waals surface area contributed by atoms with Crippen LogP contribution < -0.4 is 10.1 Å². The number of benzene rings is 1. The molecule has 3 nitrogen and oxygen atoms in total. The van der Waals surface area contributed by atoms with Gasteiger partial charge in [-0.15, -0.1) is 0 Å². The Morgan fingerprint density at radius 3 is 2.09 bits per heavy atom. The molecule has 1 aromatic carbocycles. The Morgan fingerprint density at radius 1 is 0.870 bits per heavy atom. The summed E-state index contributed by atoms with van der Waals surface area (Å²) >= 11 is 0. The maximum atomic E-state index is 5.78. The number of rotatable bonds is 9. The molecule has 0 spiro atoms. The van der Waals surface area contributed by atoms with Gasteiger partial charge in [0.05, 0.1) is 13.2 Å². The molecule has 0 saturated carbocycles. The highest BCUT2D eigenvalue weighted by Gasteiger charge is 2.11. The van der Waals surface area contributed by atoms with E-state index in [1.807, 2.05) is 12.1 Å². The monoisotopic (exact) mass is 321 g/mol. The van der Waals surface area contributed by atoms with Gasteiger partial charge >= 0.3 is 0 Å². The van der Waals surface area contributed by atoms with E-state index in [0.717, 1.165) is 45.1 Å². The normalized spacial score (nSPS) is 12.4. The Hall–Kier alpha value is -1.06. The summed E-state index contributed by atoms with van der Waals surface area (Å²) < 4.78 is 11.4. The second kappa shape index (κ2) is 9.29. The molecule has 23 heavy (non-hydrogen) atoms. The quantitative estimate of drug-likeness (QED) is 0.671. The number of hydrogen-bond donors (Lipinski definition) is 1. The van der Waals surface area contributed by atoms with Gasteiger partial charge in [-0.1, -0.05) is 53.7 Å². The van der Waals surface area contributed by atoms with Crippen molar-refractivity contribution in [3.8, 4) is 5.75 Å². The SMILES string of the molecule is CC(C)(C)CCOCCNCc1ccc(OCC(C)(C)C)cc1. The first-order chi connectivity index (χ1) is 10.7. The summed E-state index contributed by atoms with van der Waals surface area (Å²) in [5, 5.41) is 3.41. The third-order valence-electron chi connectivity index (χ3n) is 3.34. The maximum absolute atomic E-state index is 5.78. The van der Waals surface area contributed by atoms with Crippen LogP contribution in [0.2, 0.25) is 0 Å². The minimum Gasteiger partial charge on any atom is -0.493 e. The molecule has 0 amide bonds. The molecule has 0 aliphatic carbocycles. The Kier molecular flexibility index (Phi) is 8.07. The Labute approximate surface area is 142 Å². The average molecular weight is 322 g/mol. The molecule has 0 aliphatic heterocycles. The molecule has 0 radical (unpaired) electrons. The van der Waals surface area contributed by atoms with Crippen LogP contribution in [0.1, 0.15) is 53.5 Å². The highest BCUT2D eigenvalue weighted by atomic mass is 16.5. The van der Waals surface area contributed by atoms with E-state index in [9.17, 15) is 0 Å². The molecule has 0 saturated heterocycles. The zero-order valence-corrected chi connectivity index (χ0v) is 15.9. The molecule has 132 valence electrons. The number of hydrogen-bond acceptors (Lipinski definition) is 3. The minimum atomic E-state index is 0.188. The molecule has 0 bridgehead atoms. The summed E-state index contributed by atoms with van der Waals surface area (Å²) in [6.45, 7) is 17.3. The van der Waals surface area contributed by atoms with Gasteiger partial charge in [-0.25, -0.2) is 0 Å². The van der Waals surface area contributed by atoms with Gasteiger partial charge in [-0.05, 0) is 34.9 Å². The second-order valence-corrected chi connectivity index (χ2v) is 8.59. The standard InChI is InChI=1S/C20H35NO2/c1-19(2,3)11-13-22-14-12-21-15-17-7-9-18(10-8-17)23-16-20(4,5)6/h7-10,21H,11-16H2,1-6H3. The first-order valence-electron chi connectivity index (χ1n) is 8.66. The lowest BCUT2D eigenvalue weighted by atomic mass is 9.93. The van der Waals surface area contributed by atoms with Crippen molar-refractivity contribution < 1.29 is 9.47 Å². The Balaban J connectivity index is 2.14. The van der Waals surface area contributed by atoms with Crippen LogP contribution in [0.25, 0.3) is 0 Å². The van der Waals surface area contributed by atoms with Gasteiger partial charge in [0.25, 0.3) is 0 Å². The van der Waals surface area contributed by atoms with Crippen molar-refractivity contribution in [2.45, 2.75) is 54.5 Å². The molecule has 3 heteroatoms. The van der Waals surface area contributed by atoms with E-state index in [-0.39, 0.29) is 5.41 Å². The van der Waals surface area contributed by atoms with Crippen LogP contribution in [0.4, 0.5) is 0 Å². The van der Waals surface area contributed by atoms with Crippen LogP contribution in [-0.2, 0) is 11.3 Å². The highest BCUT2D eigenvalue weighted by Crippen LogP contribution is 2.18. The predicted molar refractivity (Wildman–Crippen MR) is 98.0 cm³/mol. The summed E-state index contributed by atoms with van der Waals surface area (Å²) in [6, 6.07) is 8.32. The smallest absolute Gasteiger partial charge is 0.119 e. The third kappa shape index (κ3) is 11.2. The maximum Gasteiger partial charge on any atom is 0.119 e. The van der Waals surface area contributed by atoms with Crippen molar-refractivity contribution in [2.75, 3.05) is 26.4 Å². The fourth-order valence-electron chi connectivity index (χ4n) is 1.86. The molecule has 1 aromatic rings. The van der Waals surface area contributed by atoms with Crippen molar-refractivity contribution in [3.05, 3.63) is 29.8 Å². The highest BCUT2D eigenvalue weighted by molar-refractivity contribution is 5.27. The van der Waals surface area contributed by atoms with Gasteiger partial charge in [0.1, 0.15) is 5.75 Å². The van der Waals surface area contributed by atoms with E-state index in [1.165, 1.54) is 5.56 Å². The first-order valence-corrected chi connectivity index (χ1v) is 8.66. The fraction of sp³-hybridized carbons (Fsp3) is 0.700. The van der Waals surface area contributed by atoms with Crippen LogP contribution in [0, 0.1) is 10.8 Å². The van der Waals surface area contributed by atoms with E-state index in [0.29, 0.717) is 5.41 Å². The molecule has 0 atom stereocenters. The molecule has 0 fully saturated rings. The van der Waals surface area contributed by atoms with Crippen LogP contribution >= 0.6 is 0 Å². The molecular formula is C20H35NO2. The van der Waals surface area contributed by atoms with Crippen molar-refractivity contribution in [1.82, 2.24) is 5.32 Å². The zero-order chi connectivity index (χ0) is 17.3. The molecular weight excluding hydrogens is 286 g/mol. The van der Waals surface area contributed by atoms with Gasteiger partial charge in [-0.2, -0.15) is 0 Å². The van der Waals surface area contributed by atoms with E-state index in [1.54, 1.807) is 0 Å². The molecule has 1 N–H and O–H groups in total. The fourth-order valence-corrected chi connectivity index (χ4v) is 1.86. The summed E-state index contributed by atoms with van der Waals surface area (Å²) in [4.78, 5) is 0. The van der Waals surface area contributed by atoms with Crippen molar-refractivity contribution in [3.63, 3.8) is 0 Å². The van der Waals surface area contributed by atoms with E-state index in [4.69, 9.17) is 9.47 Å². The summed E-state index contributed by atoms with van der Waals surface area (Å²) in [5.74, 6) is 0.939. The van der Waals surface area contributed by atoms with Gasteiger partial charge in [-0.3, -0.25) is 0 Å². The van der Waals surface area contributed by atoms with Crippen LogP contribution in [0.3, 0.4) is 0 Å². The molecule has 1 rings (SSSR count). The number of nitrogens with one attached hydrogen (secondary N) is 1.